The van der Waals surface area contributed by atoms with E-state index in [0.29, 0.717) is 0 Å². The van der Waals surface area contributed by atoms with Crippen LogP contribution in [0.25, 0.3) is 80.7 Å². The summed E-state index contributed by atoms with van der Waals surface area (Å²) in [5.74, 6) is -4.07. The molecule has 7 rings (SSSR count). The van der Waals surface area contributed by atoms with Crippen LogP contribution in [-0.2, 0) is 0 Å². The van der Waals surface area contributed by atoms with Gasteiger partial charge in [-0.2, -0.15) is 31.6 Å². The molecular weight excluding hydrogens is 663 g/mol. The van der Waals surface area contributed by atoms with Crippen molar-refractivity contribution in [2.24, 2.45) is 0 Å². The van der Waals surface area contributed by atoms with Gasteiger partial charge in [0.05, 0.1) is 65.2 Å². The number of rotatable bonds is 0. The Morgan fingerprint density at radius 1 is 0.333 bits per heavy atom. The van der Waals surface area contributed by atoms with Crippen LogP contribution in [0, 0.1) is 105 Å². The van der Waals surface area contributed by atoms with Crippen molar-refractivity contribution in [3.63, 3.8) is 0 Å². The number of nitriles is 6. The maximum absolute atomic E-state index is 15.9. The maximum atomic E-state index is 15.9. The second kappa shape index (κ2) is 10.7. The van der Waals surface area contributed by atoms with Gasteiger partial charge in [0.2, 0.25) is 17.1 Å². The molecule has 15 nitrogen and oxygen atoms in total. The van der Waals surface area contributed by atoms with E-state index in [9.17, 15) is 31.6 Å². The summed E-state index contributed by atoms with van der Waals surface area (Å²) in [6.07, 6.45) is 0. The molecule has 51 heavy (non-hydrogen) atoms. The van der Waals surface area contributed by atoms with E-state index in [-0.39, 0.29) is 0 Å². The van der Waals surface area contributed by atoms with E-state index in [1.165, 1.54) is 12.1 Å². The number of nitrogens with zero attached hydrogens (tertiary/aromatic N) is 15. The van der Waals surface area contributed by atoms with Crippen LogP contribution < -0.4 is 0 Å². The smallest absolute Gasteiger partial charge is 0.233 e. The Kier molecular flexibility index (Phi) is 6.42. The molecule has 7 aromatic rings. The van der Waals surface area contributed by atoms with E-state index < -0.39 is 134 Å². The number of hydrogen-bond acceptors (Lipinski definition) is 12. The third kappa shape index (κ3) is 3.72. The molecule has 0 aliphatic rings. The zero-order chi connectivity index (χ0) is 36.5. The minimum Gasteiger partial charge on any atom is -0.253 e. The van der Waals surface area contributed by atoms with Gasteiger partial charge in [-0.1, -0.05) is 0 Å². The Bertz CT molecular complexity index is 2960. The molecule has 0 saturated heterocycles. The molecule has 0 N–H and O–H groups in total. The number of aromatic nitrogens is 6. The summed E-state index contributed by atoms with van der Waals surface area (Å²) in [4.78, 5) is 35.3. The minimum atomic E-state index is -1.36. The molecule has 0 aliphatic heterocycles. The first kappa shape index (κ1) is 30.5. The average Bonchev–Trinajstić information content (AvgIpc) is 3.15. The van der Waals surface area contributed by atoms with Gasteiger partial charge in [-0.25, -0.2) is 52.6 Å². The molecule has 0 fully saturated rings. The van der Waals surface area contributed by atoms with E-state index in [2.05, 4.69) is 44.4 Å². The Morgan fingerprint density at radius 2 is 0.667 bits per heavy atom. The van der Waals surface area contributed by atoms with E-state index in [1.54, 1.807) is 24.3 Å². The standard InChI is InChI=1S/C33F3N15/c1-43-19-14(8-41)12(6-39)17(35)25-27(19)51-33-31(49-25)28-30(48-24-16(34)11(5-38)10(4-37)13(7-40)21(24)46-28)29-32(33)50-26-18(36)23(45-3)20(44-2)15(9-42)22(26)47-29. The summed E-state index contributed by atoms with van der Waals surface area (Å²) >= 11 is 0. The maximum Gasteiger partial charge on any atom is 0.233 e. The van der Waals surface area contributed by atoms with Crippen molar-refractivity contribution >= 4 is 83.3 Å². The lowest BCUT2D eigenvalue weighted by atomic mass is 10.00. The van der Waals surface area contributed by atoms with Crippen LogP contribution in [0.15, 0.2) is 0 Å². The predicted octanol–water partition coefficient (Wildman–Crippen LogP) is 6.28. The highest BCUT2D eigenvalue weighted by Crippen LogP contribution is 2.43. The van der Waals surface area contributed by atoms with Crippen molar-refractivity contribution in [2.45, 2.75) is 0 Å². The minimum absolute atomic E-state index is 0.407. The van der Waals surface area contributed by atoms with Crippen LogP contribution >= 0.6 is 0 Å². The molecule has 228 valence electrons. The molecule has 0 unspecified atom stereocenters. The van der Waals surface area contributed by atoms with Gasteiger partial charge >= 0.3 is 0 Å². The van der Waals surface area contributed by atoms with Gasteiger partial charge < -0.3 is 0 Å². The van der Waals surface area contributed by atoms with Gasteiger partial charge in [0.15, 0.2) is 11.6 Å². The highest BCUT2D eigenvalue weighted by Gasteiger charge is 2.30. The first-order valence-corrected chi connectivity index (χ1v) is 13.4. The van der Waals surface area contributed by atoms with Gasteiger partial charge in [-0.3, -0.25) is 4.98 Å². The van der Waals surface area contributed by atoms with Crippen molar-refractivity contribution in [1.29, 1.82) is 31.6 Å². The molecular formula is C33F3N15. The van der Waals surface area contributed by atoms with Gasteiger partial charge in [-0.05, 0) is 0 Å². The summed E-state index contributed by atoms with van der Waals surface area (Å²) in [6, 6.07) is 9.62. The van der Waals surface area contributed by atoms with Gasteiger partial charge in [0.1, 0.15) is 96.3 Å². The summed E-state index contributed by atoms with van der Waals surface area (Å²) in [5, 5.41) is 58.6. The van der Waals surface area contributed by atoms with Crippen LogP contribution in [-0.4, -0.2) is 29.9 Å². The van der Waals surface area contributed by atoms with Crippen molar-refractivity contribution in [3.05, 3.63) is 85.1 Å². The normalized spacial score (nSPS) is 10.5. The summed E-state index contributed by atoms with van der Waals surface area (Å²) in [6.45, 7) is 22.6. The lowest BCUT2D eigenvalue weighted by Crippen LogP contribution is -2.05. The summed E-state index contributed by atoms with van der Waals surface area (Å²) in [7, 11) is 0. The number of halogens is 3. The lowest BCUT2D eigenvalue weighted by molar-refractivity contribution is 0.632. The number of hydrogen-bond donors (Lipinski definition) is 0. The Balaban J connectivity index is 1.89. The average molecular weight is 663 g/mol. The molecule has 0 aliphatic carbocycles. The first-order chi connectivity index (χ1) is 24.7. The molecule has 3 heterocycles. The fourth-order valence-electron chi connectivity index (χ4n) is 5.62. The quantitative estimate of drug-likeness (QED) is 0.0991. The molecule has 0 bridgehead atoms. The second-order valence-electron chi connectivity index (χ2n) is 10.1. The molecule has 0 radical (unpaired) electrons. The van der Waals surface area contributed by atoms with Crippen LogP contribution in [0.3, 0.4) is 0 Å². The topological polar surface area (TPSA) is 233 Å². The highest BCUT2D eigenvalue weighted by molar-refractivity contribution is 6.22. The third-order valence-electron chi connectivity index (χ3n) is 7.78. The molecule has 0 saturated carbocycles. The lowest BCUT2D eigenvalue weighted by Gasteiger charge is -2.14. The largest absolute Gasteiger partial charge is 0.253 e. The SMILES string of the molecule is [C-]#[N+]c1c([N+]#[C-])c(C#N)c2nc3c4nc5c(F)c(C#N)c(C#N)c(C#N)c5nc4c4nc5c(F)c(C#N)c(C#N)c([N+]#[C-])c5nc4c3nc2c1F. The molecule has 0 amide bonds. The molecule has 0 atom stereocenters. The summed E-state index contributed by atoms with van der Waals surface area (Å²) < 4.78 is 47.5. The van der Waals surface area contributed by atoms with Crippen LogP contribution in [0.4, 0.5) is 30.2 Å². The number of benzene rings is 4. The molecule has 4 aromatic carbocycles. The van der Waals surface area contributed by atoms with Crippen molar-refractivity contribution in [3.8, 4) is 36.4 Å². The second-order valence-corrected chi connectivity index (χ2v) is 10.1. The van der Waals surface area contributed by atoms with Gasteiger partial charge in [0.25, 0.3) is 0 Å². The van der Waals surface area contributed by atoms with Gasteiger partial charge in [-0.15, -0.1) is 0 Å². The predicted molar refractivity (Wildman–Crippen MR) is 165 cm³/mol. The Labute approximate surface area is 279 Å². The first-order valence-electron chi connectivity index (χ1n) is 13.4. The van der Waals surface area contributed by atoms with Gasteiger partial charge in [0, 0.05) is 0 Å². The van der Waals surface area contributed by atoms with Crippen LogP contribution in [0.1, 0.15) is 33.4 Å². The van der Waals surface area contributed by atoms with Crippen LogP contribution in [0.5, 0.6) is 0 Å². The number of fused-ring (bicyclic) bond motifs is 9. The Hall–Kier alpha value is -9.12. The highest BCUT2D eigenvalue weighted by atomic mass is 19.1. The van der Waals surface area contributed by atoms with E-state index in [0.717, 1.165) is 0 Å². The molecule has 18 heteroatoms. The van der Waals surface area contributed by atoms with E-state index in [1.807, 2.05) is 0 Å². The molecule has 0 spiro atoms. The zero-order valence-corrected chi connectivity index (χ0v) is 24.3. The van der Waals surface area contributed by atoms with Crippen molar-refractivity contribution in [1.82, 2.24) is 29.9 Å². The van der Waals surface area contributed by atoms with Crippen molar-refractivity contribution < 1.29 is 13.2 Å². The fraction of sp³-hybridized carbons (Fsp3) is 0. The fourth-order valence-corrected chi connectivity index (χ4v) is 5.62. The summed E-state index contributed by atoms with van der Waals surface area (Å²) in [5.41, 5.74) is -12.5. The van der Waals surface area contributed by atoms with Crippen LogP contribution in [0.2, 0.25) is 0 Å². The monoisotopic (exact) mass is 663 g/mol. The molecule has 3 aromatic heterocycles. The van der Waals surface area contributed by atoms with E-state index >= 15 is 13.2 Å². The van der Waals surface area contributed by atoms with Crippen molar-refractivity contribution in [2.75, 3.05) is 0 Å². The third-order valence-corrected chi connectivity index (χ3v) is 7.78. The zero-order valence-electron chi connectivity index (χ0n) is 24.3. The Morgan fingerprint density at radius 3 is 1.08 bits per heavy atom. The van der Waals surface area contributed by atoms with E-state index in [4.69, 9.17) is 19.7 Å².